The van der Waals surface area contributed by atoms with Crippen molar-refractivity contribution in [2.24, 2.45) is 0 Å². The van der Waals surface area contributed by atoms with Gasteiger partial charge in [0.2, 0.25) is 0 Å². The number of fused-ring (bicyclic) bond motifs is 1. The lowest BCUT2D eigenvalue weighted by Crippen LogP contribution is -2.19. The molecule has 0 aliphatic heterocycles. The topological polar surface area (TPSA) is 58.3 Å². The van der Waals surface area contributed by atoms with Crippen LogP contribution < -0.4 is 5.32 Å². The molecule has 0 bridgehead atoms. The fourth-order valence-corrected chi connectivity index (χ4v) is 2.83. The fourth-order valence-electron chi connectivity index (χ4n) is 2.83. The minimum Gasteiger partial charge on any atom is -0.508 e. The van der Waals surface area contributed by atoms with Gasteiger partial charge in [0.05, 0.1) is 5.69 Å². The molecule has 4 nitrogen and oxygen atoms in total. The molecule has 1 aromatic carbocycles. The molecule has 0 saturated carbocycles. The average molecular weight is 258 g/mol. The van der Waals surface area contributed by atoms with Crippen molar-refractivity contribution in [2.45, 2.75) is 39.3 Å². The summed E-state index contributed by atoms with van der Waals surface area (Å²) in [5.41, 5.74) is 4.37. The molecule has 1 unspecified atom stereocenters. The van der Waals surface area contributed by atoms with Crippen LogP contribution in [0.2, 0.25) is 0 Å². The number of aromatic nitrogens is 1. The molecule has 1 heterocycles. The zero-order valence-corrected chi connectivity index (χ0v) is 11.2. The zero-order valence-electron chi connectivity index (χ0n) is 11.2. The Balaban J connectivity index is 1.76. The van der Waals surface area contributed by atoms with Gasteiger partial charge in [0.25, 0.3) is 0 Å². The minimum absolute atomic E-state index is 0.302. The van der Waals surface area contributed by atoms with Gasteiger partial charge in [0.1, 0.15) is 11.5 Å². The van der Waals surface area contributed by atoms with Crippen molar-refractivity contribution in [2.75, 3.05) is 0 Å². The quantitative estimate of drug-likeness (QED) is 0.888. The third-order valence-electron chi connectivity index (χ3n) is 3.95. The predicted octanol–water partition coefficient (Wildman–Crippen LogP) is 2.77. The van der Waals surface area contributed by atoms with Crippen molar-refractivity contribution in [3.8, 4) is 5.75 Å². The number of hydrogen-bond acceptors (Lipinski definition) is 4. The van der Waals surface area contributed by atoms with Crippen LogP contribution in [0.15, 0.2) is 22.7 Å². The number of hydrogen-bond donors (Lipinski definition) is 2. The second-order valence-electron chi connectivity index (χ2n) is 5.12. The maximum atomic E-state index is 9.84. The van der Waals surface area contributed by atoms with Gasteiger partial charge in [-0.1, -0.05) is 17.3 Å². The maximum absolute atomic E-state index is 9.84. The highest BCUT2D eigenvalue weighted by Crippen LogP contribution is 2.36. The first-order chi connectivity index (χ1) is 9.16. The Hall–Kier alpha value is -1.81. The maximum Gasteiger partial charge on any atom is 0.138 e. The van der Waals surface area contributed by atoms with E-state index in [1.807, 2.05) is 19.9 Å². The van der Waals surface area contributed by atoms with Crippen LogP contribution >= 0.6 is 0 Å². The summed E-state index contributed by atoms with van der Waals surface area (Å²) in [6.45, 7) is 4.65. The van der Waals surface area contributed by atoms with E-state index < -0.39 is 0 Å². The molecule has 2 N–H and O–H groups in total. The second kappa shape index (κ2) is 4.70. The fraction of sp³-hybridized carbons (Fsp3) is 0.400. The summed E-state index contributed by atoms with van der Waals surface area (Å²) in [5, 5.41) is 17.3. The van der Waals surface area contributed by atoms with Crippen LogP contribution in [0.5, 0.6) is 5.75 Å². The molecule has 1 aliphatic rings. The minimum atomic E-state index is 0.302. The van der Waals surface area contributed by atoms with Crippen LogP contribution in [0.3, 0.4) is 0 Å². The Morgan fingerprint density at radius 2 is 2.26 bits per heavy atom. The zero-order chi connectivity index (χ0) is 13.4. The van der Waals surface area contributed by atoms with E-state index in [-0.39, 0.29) is 0 Å². The van der Waals surface area contributed by atoms with E-state index in [1.54, 1.807) is 6.07 Å². The summed E-state index contributed by atoms with van der Waals surface area (Å²) in [5.74, 6) is 1.29. The van der Waals surface area contributed by atoms with E-state index >= 15 is 0 Å². The van der Waals surface area contributed by atoms with Gasteiger partial charge in [-0.25, -0.2) is 0 Å². The Labute approximate surface area is 112 Å². The monoisotopic (exact) mass is 258 g/mol. The van der Waals surface area contributed by atoms with E-state index in [0.717, 1.165) is 42.0 Å². The van der Waals surface area contributed by atoms with Crippen LogP contribution in [-0.2, 0) is 13.0 Å². The third-order valence-corrected chi connectivity index (χ3v) is 3.95. The Morgan fingerprint density at radius 3 is 3.00 bits per heavy atom. The summed E-state index contributed by atoms with van der Waals surface area (Å²) in [7, 11) is 0. The smallest absolute Gasteiger partial charge is 0.138 e. The van der Waals surface area contributed by atoms with Gasteiger partial charge in [-0.3, -0.25) is 0 Å². The van der Waals surface area contributed by atoms with Crippen LogP contribution in [0.4, 0.5) is 0 Å². The second-order valence-corrected chi connectivity index (χ2v) is 5.12. The standard InChI is InChI=1S/C15H18N2O2/c1-9-13(10(2)19-17-9)8-16-14-7-6-12-11(14)4-3-5-15(12)18/h3-5,14,16,18H,6-8H2,1-2H3. The largest absolute Gasteiger partial charge is 0.508 e. The van der Waals surface area contributed by atoms with E-state index in [1.165, 1.54) is 5.56 Å². The van der Waals surface area contributed by atoms with Gasteiger partial charge >= 0.3 is 0 Å². The molecule has 1 aliphatic carbocycles. The number of aryl methyl sites for hydroxylation is 2. The highest BCUT2D eigenvalue weighted by molar-refractivity contribution is 5.44. The van der Waals surface area contributed by atoms with E-state index in [9.17, 15) is 5.11 Å². The van der Waals surface area contributed by atoms with Gasteiger partial charge in [0, 0.05) is 18.2 Å². The Bertz CT molecular complexity index is 585. The third kappa shape index (κ3) is 2.12. The van der Waals surface area contributed by atoms with Crippen molar-refractivity contribution >= 4 is 0 Å². The van der Waals surface area contributed by atoms with Crippen molar-refractivity contribution < 1.29 is 9.63 Å². The number of aromatic hydroxyl groups is 1. The van der Waals surface area contributed by atoms with Gasteiger partial charge < -0.3 is 14.9 Å². The molecule has 0 amide bonds. The number of phenols is 1. The first-order valence-electron chi connectivity index (χ1n) is 6.62. The van der Waals surface area contributed by atoms with Gasteiger partial charge in [0.15, 0.2) is 0 Å². The van der Waals surface area contributed by atoms with Crippen LogP contribution in [-0.4, -0.2) is 10.3 Å². The molecule has 4 heteroatoms. The molecule has 19 heavy (non-hydrogen) atoms. The molecule has 100 valence electrons. The summed E-state index contributed by atoms with van der Waals surface area (Å²) in [6.07, 6.45) is 1.96. The van der Waals surface area contributed by atoms with E-state index in [0.29, 0.717) is 11.8 Å². The summed E-state index contributed by atoms with van der Waals surface area (Å²) in [6, 6.07) is 6.06. The predicted molar refractivity (Wildman–Crippen MR) is 72.0 cm³/mol. The molecule has 1 atom stereocenters. The first-order valence-corrected chi connectivity index (χ1v) is 6.62. The van der Waals surface area contributed by atoms with Gasteiger partial charge in [-0.05, 0) is 43.9 Å². The molecular weight excluding hydrogens is 240 g/mol. The van der Waals surface area contributed by atoms with E-state index in [4.69, 9.17) is 4.52 Å². The molecule has 0 spiro atoms. The average Bonchev–Trinajstić information content (AvgIpc) is 2.94. The summed E-state index contributed by atoms with van der Waals surface area (Å²) in [4.78, 5) is 0. The summed E-state index contributed by atoms with van der Waals surface area (Å²) < 4.78 is 5.17. The van der Waals surface area contributed by atoms with Crippen molar-refractivity contribution in [3.63, 3.8) is 0 Å². The highest BCUT2D eigenvalue weighted by Gasteiger charge is 2.24. The number of nitrogens with one attached hydrogen (secondary N) is 1. The normalized spacial score (nSPS) is 17.7. The Kier molecular flexibility index (Phi) is 3.03. The van der Waals surface area contributed by atoms with Gasteiger partial charge in [-0.15, -0.1) is 0 Å². The first kappa shape index (κ1) is 12.2. The molecule has 0 radical (unpaired) electrons. The molecule has 3 rings (SSSR count). The lowest BCUT2D eigenvalue weighted by atomic mass is 10.1. The van der Waals surface area contributed by atoms with Crippen LogP contribution in [0, 0.1) is 13.8 Å². The van der Waals surface area contributed by atoms with Crippen LogP contribution in [0.1, 0.15) is 40.6 Å². The molecule has 1 aromatic heterocycles. The molecule has 2 aromatic rings. The number of benzene rings is 1. The summed E-state index contributed by atoms with van der Waals surface area (Å²) >= 11 is 0. The van der Waals surface area contributed by atoms with Crippen molar-refractivity contribution in [3.05, 3.63) is 46.3 Å². The van der Waals surface area contributed by atoms with Gasteiger partial charge in [-0.2, -0.15) is 0 Å². The van der Waals surface area contributed by atoms with Crippen molar-refractivity contribution in [1.29, 1.82) is 0 Å². The SMILES string of the molecule is Cc1noc(C)c1CNC1CCc2c(O)cccc21. The molecule has 0 saturated heterocycles. The molecular formula is C15H18N2O2. The lowest BCUT2D eigenvalue weighted by molar-refractivity contribution is 0.391. The van der Waals surface area contributed by atoms with Crippen LogP contribution in [0.25, 0.3) is 0 Å². The molecule has 0 fully saturated rings. The lowest BCUT2D eigenvalue weighted by Gasteiger charge is -2.14. The Morgan fingerprint density at radius 1 is 1.42 bits per heavy atom. The number of nitrogens with zero attached hydrogens (tertiary/aromatic N) is 1. The number of phenolic OH excluding ortho intramolecular Hbond substituents is 1. The van der Waals surface area contributed by atoms with E-state index in [2.05, 4.69) is 16.5 Å². The van der Waals surface area contributed by atoms with Crippen molar-refractivity contribution in [1.82, 2.24) is 10.5 Å². The number of rotatable bonds is 3. The highest BCUT2D eigenvalue weighted by atomic mass is 16.5.